The average molecular weight is 1090 g/mol. The smallest absolute Gasteiger partial charge is 0.180 e. The number of rotatable bonds is 0. The summed E-state index contributed by atoms with van der Waals surface area (Å²) in [6, 6.07) is 19.4. The first-order valence-electron chi connectivity index (χ1n) is 25.2. The number of hydrogen-bond acceptors (Lipinski definition) is 12. The lowest BCUT2D eigenvalue weighted by Crippen LogP contribution is -1.86. The number of oxazole rings is 1. The molecule has 0 unspecified atom stereocenters. The monoisotopic (exact) mass is 1090 g/mol. The number of aromatic nitrogens is 10. The Morgan fingerprint density at radius 3 is 0.851 bits per heavy atom. The van der Waals surface area contributed by atoms with Crippen LogP contribution in [0.5, 0.6) is 0 Å². The van der Waals surface area contributed by atoms with Crippen LogP contribution in [0.1, 0.15) is 138 Å². The second-order valence-corrected chi connectivity index (χ2v) is 12.2. The van der Waals surface area contributed by atoms with E-state index in [2.05, 4.69) is 43.4 Å². The molecular weight excluding hydrogens is 981 g/mol. The molecule has 10 aromatic heterocycles. The van der Waals surface area contributed by atoms with Crippen LogP contribution in [0.15, 0.2) is 213 Å². The highest BCUT2D eigenvalue weighted by molar-refractivity contribution is 7.08. The quantitative estimate of drug-likeness (QED) is 0.145. The lowest BCUT2D eigenvalue weighted by molar-refractivity contribution is 0.558. The molecule has 74 heavy (non-hydrogen) atoms. The largest absolute Gasteiger partial charge is 0.473 e. The van der Waals surface area contributed by atoms with Gasteiger partial charge in [-0.3, -0.25) is 4.98 Å². The molecule has 0 atom stereocenters. The van der Waals surface area contributed by atoms with Gasteiger partial charge in [-0.1, -0.05) is 156 Å². The van der Waals surface area contributed by atoms with Crippen molar-refractivity contribution < 1.29 is 13.3 Å². The van der Waals surface area contributed by atoms with E-state index in [-0.39, 0.29) is 7.43 Å². The maximum absolute atomic E-state index is 4.58. The number of thiophene rings is 2. The molecule has 0 saturated carbocycles. The SMILES string of the molecule is C.CC.CC.CC.CC.CC.CC.CC.CC.CC.Cc1nncn1C.Cn1cccc1.Cn1ccnc1.Cn1ccnc1.c1ccoc1.c1ccoc1.c1ccsc1.c1ccsc1.c1cocn1.c1cscn1. The normalized spacial score (nSPS) is 7.01. The van der Waals surface area contributed by atoms with E-state index >= 15 is 0 Å². The first-order chi connectivity index (χ1) is 36.0. The van der Waals surface area contributed by atoms with E-state index in [1.807, 2.05) is 290 Å². The Bertz CT molecular complexity index is 1550. The van der Waals surface area contributed by atoms with Crippen molar-refractivity contribution in [3.8, 4) is 0 Å². The fourth-order valence-corrected chi connectivity index (χ4v) is 3.93. The van der Waals surface area contributed by atoms with Crippen LogP contribution in [-0.4, -0.2) is 48.4 Å². The van der Waals surface area contributed by atoms with Crippen LogP contribution in [-0.2, 0) is 28.2 Å². The third-order valence-electron chi connectivity index (χ3n) is 5.36. The minimum atomic E-state index is 0. The zero-order chi connectivity index (χ0) is 57.7. The summed E-state index contributed by atoms with van der Waals surface area (Å²) in [4.78, 5) is 14.9. The number of thiazole rings is 1. The maximum atomic E-state index is 4.58. The van der Waals surface area contributed by atoms with Gasteiger partial charge in [-0.15, -0.1) is 21.5 Å². The molecule has 0 aliphatic rings. The van der Waals surface area contributed by atoms with Crippen LogP contribution in [0.4, 0.5) is 0 Å². The number of nitrogens with zero attached hydrogens (tertiary/aromatic N) is 10. The lowest BCUT2D eigenvalue weighted by Gasteiger charge is -1.84. The average Bonchev–Trinajstić information content (AvgIpc) is 4.29. The second kappa shape index (κ2) is 99.8. The Balaban J connectivity index is -0.0000000743. The van der Waals surface area contributed by atoms with Crippen molar-refractivity contribution in [2.45, 2.75) is 139 Å². The highest BCUT2D eigenvalue weighted by Gasteiger charge is 1.85. The van der Waals surface area contributed by atoms with Crippen molar-refractivity contribution in [2.75, 3.05) is 0 Å². The zero-order valence-corrected chi connectivity index (χ0v) is 51.9. The molecule has 0 amide bonds. The molecular formula is C58H106N10O3S3. The fourth-order valence-electron chi connectivity index (χ4n) is 2.67. The Hall–Kier alpha value is -6.36. The molecule has 0 spiro atoms. The van der Waals surface area contributed by atoms with Crippen LogP contribution < -0.4 is 0 Å². The van der Waals surface area contributed by atoms with Crippen molar-refractivity contribution in [3.63, 3.8) is 0 Å². The van der Waals surface area contributed by atoms with Crippen LogP contribution in [0.2, 0.25) is 0 Å². The van der Waals surface area contributed by atoms with Gasteiger partial charge in [-0.25, -0.2) is 15.0 Å². The van der Waals surface area contributed by atoms with Gasteiger partial charge in [0.2, 0.25) is 0 Å². The van der Waals surface area contributed by atoms with Crippen molar-refractivity contribution in [1.29, 1.82) is 0 Å². The van der Waals surface area contributed by atoms with E-state index in [0.29, 0.717) is 0 Å². The number of imidazole rings is 2. The molecule has 10 rings (SSSR count). The van der Waals surface area contributed by atoms with E-state index in [1.54, 1.807) is 108 Å². The summed E-state index contributed by atoms with van der Waals surface area (Å²) >= 11 is 5.03. The molecule has 0 aliphatic heterocycles. The van der Waals surface area contributed by atoms with Gasteiger partial charge in [0.05, 0.1) is 49.4 Å². The Kier molecular flexibility index (Phi) is 122. The molecule has 424 valence electrons. The van der Waals surface area contributed by atoms with Gasteiger partial charge in [-0.05, 0) is 64.8 Å². The van der Waals surface area contributed by atoms with E-state index in [4.69, 9.17) is 0 Å². The van der Waals surface area contributed by atoms with Gasteiger partial charge in [0.15, 0.2) is 6.39 Å². The molecule has 10 heterocycles. The van der Waals surface area contributed by atoms with Gasteiger partial charge in [-0.2, -0.15) is 22.7 Å². The molecule has 0 aromatic carbocycles. The zero-order valence-electron chi connectivity index (χ0n) is 49.5. The molecule has 10 aromatic rings. The lowest BCUT2D eigenvalue weighted by atomic mass is 10.7. The van der Waals surface area contributed by atoms with Gasteiger partial charge < -0.3 is 31.5 Å². The summed E-state index contributed by atoms with van der Waals surface area (Å²) < 4.78 is 21.3. The summed E-state index contributed by atoms with van der Waals surface area (Å²) in [7, 11) is 7.79. The standard InChI is InChI=1S/C5H7N.C4H7N3.2C4H6N2.2C4H4O.2C4H4S.C3H3NO.C3H3NS.9C2H6.CH4/c1-6-4-2-3-5-6;1-4-6-5-3-7(4)2;2*1-6-3-2-5-4-6;4*1-2-4-5-3-1;2*1-2-5-3-4-1;9*1-2;/h2-5H,1H3;3H,1-2H3;2*2-4H,1H3;4*1-4H;2*1-3H;9*1-2H3;1H4. The Morgan fingerprint density at radius 2 is 0.757 bits per heavy atom. The minimum Gasteiger partial charge on any atom is -0.473 e. The molecule has 0 N–H and O–H groups in total. The summed E-state index contributed by atoms with van der Waals surface area (Å²) in [5.74, 6) is 0.944. The molecule has 0 bridgehead atoms. The summed E-state index contributed by atoms with van der Waals surface area (Å²) in [6.07, 6.45) is 29.2. The summed E-state index contributed by atoms with van der Waals surface area (Å²) in [6.45, 7) is 37.9. The van der Waals surface area contributed by atoms with Gasteiger partial charge in [0, 0.05) is 76.9 Å². The molecule has 13 nitrogen and oxygen atoms in total. The predicted octanol–water partition coefficient (Wildman–Crippen LogP) is 19.7. The van der Waals surface area contributed by atoms with E-state index in [0.717, 1.165) is 5.82 Å². The third kappa shape index (κ3) is 91.9. The molecule has 0 fully saturated rings. The predicted molar refractivity (Wildman–Crippen MR) is 331 cm³/mol. The topological polar surface area (TPSA) is 136 Å². The highest BCUT2D eigenvalue weighted by Crippen LogP contribution is 1.92. The van der Waals surface area contributed by atoms with Gasteiger partial charge in [0.1, 0.15) is 18.4 Å². The minimum absolute atomic E-state index is 0. The summed E-state index contributed by atoms with van der Waals surface area (Å²) in [5.41, 5.74) is 1.79. The van der Waals surface area contributed by atoms with Gasteiger partial charge >= 0.3 is 0 Å². The Labute approximate surface area is 465 Å². The van der Waals surface area contributed by atoms with Crippen molar-refractivity contribution in [3.05, 3.63) is 205 Å². The van der Waals surface area contributed by atoms with E-state index < -0.39 is 0 Å². The molecule has 16 heteroatoms. The van der Waals surface area contributed by atoms with Crippen molar-refractivity contribution in [2.24, 2.45) is 28.2 Å². The molecule has 0 saturated heterocycles. The van der Waals surface area contributed by atoms with E-state index in [9.17, 15) is 0 Å². The number of hydrogen-bond donors (Lipinski definition) is 0. The van der Waals surface area contributed by atoms with Crippen molar-refractivity contribution >= 4 is 34.0 Å². The highest BCUT2D eigenvalue weighted by atomic mass is 32.1. The summed E-state index contributed by atoms with van der Waals surface area (Å²) in [5, 5.41) is 17.5. The first-order valence-corrected chi connectivity index (χ1v) is 28.1. The van der Waals surface area contributed by atoms with Crippen LogP contribution in [0, 0.1) is 6.92 Å². The number of furan rings is 2. The van der Waals surface area contributed by atoms with Crippen LogP contribution in [0.25, 0.3) is 0 Å². The maximum Gasteiger partial charge on any atom is 0.180 e. The van der Waals surface area contributed by atoms with E-state index in [1.165, 1.54) is 12.7 Å². The van der Waals surface area contributed by atoms with Crippen LogP contribution >= 0.6 is 34.0 Å². The molecule has 0 aliphatic carbocycles. The third-order valence-corrected chi connectivity index (χ3v) is 7.14. The first kappa shape index (κ1) is 90.4. The second-order valence-electron chi connectivity index (χ2n) is 9.82. The van der Waals surface area contributed by atoms with Crippen molar-refractivity contribution in [1.82, 2.24) is 48.4 Å². The van der Waals surface area contributed by atoms with Gasteiger partial charge in [0.25, 0.3) is 0 Å². The Morgan fingerprint density at radius 1 is 0.365 bits per heavy atom. The molecule has 0 radical (unpaired) electrons. The fraction of sp³-hybridized carbons (Fsp3) is 0.414. The van der Waals surface area contributed by atoms with Crippen LogP contribution in [0.3, 0.4) is 0 Å². The number of aryl methyl sites for hydroxylation is 5.